The van der Waals surface area contributed by atoms with Crippen LogP contribution in [0.1, 0.15) is 18.9 Å². The highest BCUT2D eigenvalue weighted by Gasteiger charge is 2.14. The maximum Gasteiger partial charge on any atom is 0.150 e. The molecule has 6 nitrogen and oxygen atoms in total. The van der Waals surface area contributed by atoms with Crippen LogP contribution in [0.25, 0.3) is 11.1 Å². The van der Waals surface area contributed by atoms with Gasteiger partial charge in [0.05, 0.1) is 32.2 Å². The maximum atomic E-state index is 13.8. The van der Waals surface area contributed by atoms with E-state index >= 15 is 0 Å². The largest absolute Gasteiger partial charge is 0.392 e. The van der Waals surface area contributed by atoms with Gasteiger partial charge < -0.3 is 15.3 Å². The number of hydrogen-bond donors (Lipinski definition) is 2. The first-order chi connectivity index (χ1) is 14.9. The summed E-state index contributed by atoms with van der Waals surface area (Å²) in [4.78, 5) is 13.5. The second kappa shape index (κ2) is 10.6. The highest BCUT2D eigenvalue weighted by molar-refractivity contribution is 6.29. The number of anilines is 2. The molecule has 0 aliphatic rings. The van der Waals surface area contributed by atoms with Crippen LogP contribution < -0.4 is 5.32 Å². The van der Waals surface area contributed by atoms with E-state index in [0.29, 0.717) is 42.1 Å². The molecular formula is C22H23ClF2N4O2. The first-order valence-corrected chi connectivity index (χ1v) is 10.1. The SMILES string of the molecule is CCC(O)CN(Cc1ccc(-c2cc(F)cc(F)c2)c(Nc2cncc(Cl)n2)c1)OC. The number of aliphatic hydroxyl groups is 1. The molecule has 3 aromatic rings. The molecule has 2 N–H and O–H groups in total. The summed E-state index contributed by atoms with van der Waals surface area (Å²) in [7, 11) is 1.53. The third kappa shape index (κ3) is 6.41. The number of aliphatic hydroxyl groups excluding tert-OH is 1. The van der Waals surface area contributed by atoms with Crippen LogP contribution >= 0.6 is 11.6 Å². The Labute approximate surface area is 184 Å². The number of benzene rings is 2. The predicted octanol–water partition coefficient (Wildman–Crippen LogP) is 4.95. The zero-order chi connectivity index (χ0) is 22.4. The molecule has 1 atom stereocenters. The first-order valence-electron chi connectivity index (χ1n) is 9.69. The van der Waals surface area contributed by atoms with Crippen LogP contribution in [0, 0.1) is 11.6 Å². The molecule has 0 bridgehead atoms. The Morgan fingerprint density at radius 3 is 2.55 bits per heavy atom. The van der Waals surface area contributed by atoms with Gasteiger partial charge >= 0.3 is 0 Å². The van der Waals surface area contributed by atoms with Gasteiger partial charge in [0, 0.05) is 23.9 Å². The molecule has 2 aromatic carbocycles. The fraction of sp³-hybridized carbons (Fsp3) is 0.273. The van der Waals surface area contributed by atoms with Gasteiger partial charge in [0.1, 0.15) is 16.8 Å². The van der Waals surface area contributed by atoms with Crippen molar-refractivity contribution in [3.8, 4) is 11.1 Å². The van der Waals surface area contributed by atoms with E-state index in [1.54, 1.807) is 11.1 Å². The van der Waals surface area contributed by atoms with Gasteiger partial charge in [-0.25, -0.2) is 13.8 Å². The lowest BCUT2D eigenvalue weighted by Crippen LogP contribution is -2.30. The molecule has 0 aliphatic carbocycles. The minimum Gasteiger partial charge on any atom is -0.392 e. The third-order valence-electron chi connectivity index (χ3n) is 4.63. The van der Waals surface area contributed by atoms with E-state index in [1.165, 1.54) is 31.6 Å². The van der Waals surface area contributed by atoms with Crippen molar-refractivity contribution in [2.24, 2.45) is 0 Å². The van der Waals surface area contributed by atoms with Crippen molar-refractivity contribution in [3.63, 3.8) is 0 Å². The number of rotatable bonds is 9. The van der Waals surface area contributed by atoms with Gasteiger partial charge in [0.15, 0.2) is 5.82 Å². The summed E-state index contributed by atoms with van der Waals surface area (Å²) in [6.45, 7) is 2.62. The molecule has 9 heteroatoms. The van der Waals surface area contributed by atoms with Crippen LogP contribution in [0.2, 0.25) is 5.15 Å². The lowest BCUT2D eigenvalue weighted by Gasteiger charge is -2.23. The monoisotopic (exact) mass is 448 g/mol. The van der Waals surface area contributed by atoms with E-state index in [9.17, 15) is 13.9 Å². The van der Waals surface area contributed by atoms with Gasteiger partial charge in [0.25, 0.3) is 0 Å². The molecule has 31 heavy (non-hydrogen) atoms. The Morgan fingerprint density at radius 2 is 1.90 bits per heavy atom. The number of nitrogens with one attached hydrogen (secondary N) is 1. The zero-order valence-electron chi connectivity index (χ0n) is 17.1. The second-order valence-electron chi connectivity index (χ2n) is 6.96. The highest BCUT2D eigenvalue weighted by atomic mass is 35.5. The van der Waals surface area contributed by atoms with E-state index in [2.05, 4.69) is 15.3 Å². The topological polar surface area (TPSA) is 70.5 Å². The lowest BCUT2D eigenvalue weighted by molar-refractivity contribution is -0.155. The van der Waals surface area contributed by atoms with Gasteiger partial charge in [0.2, 0.25) is 0 Å². The number of aromatic nitrogens is 2. The Balaban J connectivity index is 1.98. The van der Waals surface area contributed by atoms with Gasteiger partial charge in [-0.1, -0.05) is 30.7 Å². The number of hydroxylamine groups is 2. The zero-order valence-corrected chi connectivity index (χ0v) is 17.9. The van der Waals surface area contributed by atoms with E-state index < -0.39 is 17.7 Å². The minimum atomic E-state index is -0.674. The Hall–Kier alpha value is -2.65. The van der Waals surface area contributed by atoms with Gasteiger partial charge in [-0.2, -0.15) is 5.06 Å². The molecule has 0 saturated heterocycles. The quantitative estimate of drug-likeness (QED) is 0.451. The fourth-order valence-corrected chi connectivity index (χ4v) is 3.21. The van der Waals surface area contributed by atoms with E-state index in [4.69, 9.17) is 16.4 Å². The smallest absolute Gasteiger partial charge is 0.150 e. The van der Waals surface area contributed by atoms with Crippen LogP contribution in [0.4, 0.5) is 20.3 Å². The summed E-state index contributed by atoms with van der Waals surface area (Å²) in [5.41, 5.74) is 2.35. The van der Waals surface area contributed by atoms with Crippen LogP contribution in [-0.2, 0) is 11.4 Å². The normalized spacial score (nSPS) is 12.2. The van der Waals surface area contributed by atoms with Crippen LogP contribution in [0.5, 0.6) is 0 Å². The molecule has 164 valence electrons. The van der Waals surface area contributed by atoms with Crippen molar-refractivity contribution < 1.29 is 18.7 Å². The van der Waals surface area contributed by atoms with E-state index in [1.807, 2.05) is 19.1 Å². The van der Waals surface area contributed by atoms with Gasteiger partial charge in [-0.15, -0.1) is 0 Å². The average Bonchev–Trinajstić information content (AvgIpc) is 2.72. The van der Waals surface area contributed by atoms with E-state index in [-0.39, 0.29) is 5.15 Å². The van der Waals surface area contributed by atoms with Crippen LogP contribution in [-0.4, -0.2) is 39.9 Å². The van der Waals surface area contributed by atoms with Crippen LogP contribution in [0.3, 0.4) is 0 Å². The summed E-state index contributed by atoms with van der Waals surface area (Å²) >= 11 is 5.93. The average molecular weight is 449 g/mol. The predicted molar refractivity (Wildman–Crippen MR) is 116 cm³/mol. The first kappa shape index (κ1) is 23.0. The molecule has 0 spiro atoms. The Bertz CT molecular complexity index is 1020. The number of halogens is 3. The van der Waals surface area contributed by atoms with Crippen molar-refractivity contribution in [2.75, 3.05) is 19.0 Å². The molecule has 0 radical (unpaired) electrons. The third-order valence-corrected chi connectivity index (χ3v) is 4.81. The summed E-state index contributed by atoms with van der Waals surface area (Å²) < 4.78 is 27.7. The highest BCUT2D eigenvalue weighted by Crippen LogP contribution is 2.32. The minimum absolute atomic E-state index is 0.207. The molecule has 1 unspecified atom stereocenters. The van der Waals surface area contributed by atoms with Crippen molar-refractivity contribution in [1.29, 1.82) is 0 Å². The van der Waals surface area contributed by atoms with Crippen molar-refractivity contribution in [3.05, 3.63) is 71.1 Å². The molecular weight excluding hydrogens is 426 g/mol. The summed E-state index contributed by atoms with van der Waals surface area (Å²) in [6.07, 6.45) is 2.98. The molecule has 0 amide bonds. The van der Waals surface area contributed by atoms with Crippen LogP contribution in [0.15, 0.2) is 48.8 Å². The van der Waals surface area contributed by atoms with E-state index in [0.717, 1.165) is 11.6 Å². The molecule has 0 aliphatic heterocycles. The fourth-order valence-electron chi connectivity index (χ4n) is 3.07. The Kier molecular flexibility index (Phi) is 7.86. The Morgan fingerprint density at radius 1 is 1.16 bits per heavy atom. The second-order valence-corrected chi connectivity index (χ2v) is 7.34. The molecule has 3 rings (SSSR count). The van der Waals surface area contributed by atoms with Gasteiger partial charge in [-0.05, 0) is 35.7 Å². The molecule has 1 aromatic heterocycles. The van der Waals surface area contributed by atoms with Crippen molar-refractivity contribution in [1.82, 2.24) is 15.0 Å². The number of hydrogen-bond acceptors (Lipinski definition) is 6. The lowest BCUT2D eigenvalue weighted by atomic mass is 10.0. The summed E-state index contributed by atoms with van der Waals surface area (Å²) in [5, 5.41) is 14.9. The number of nitrogens with zero attached hydrogens (tertiary/aromatic N) is 3. The summed E-state index contributed by atoms with van der Waals surface area (Å²) in [6, 6.07) is 8.75. The van der Waals surface area contributed by atoms with Crippen molar-refractivity contribution in [2.45, 2.75) is 26.0 Å². The van der Waals surface area contributed by atoms with Gasteiger partial charge in [-0.3, -0.25) is 4.98 Å². The maximum absolute atomic E-state index is 13.8. The summed E-state index contributed by atoms with van der Waals surface area (Å²) in [5.74, 6) is -0.967. The molecule has 0 saturated carbocycles. The molecule has 1 heterocycles. The molecule has 0 fully saturated rings. The van der Waals surface area contributed by atoms with Crippen molar-refractivity contribution >= 4 is 23.1 Å². The standard InChI is InChI=1S/C22H23ClF2N4O2/c1-3-18(30)13-29(31-2)12-14-4-5-19(15-7-16(24)9-17(25)8-15)20(6-14)27-22-11-26-10-21(23)28-22/h4-11,18,30H,3,12-13H2,1-2H3,(H,27,28).